The van der Waals surface area contributed by atoms with Gasteiger partial charge in [-0.15, -0.1) is 10.2 Å². The van der Waals surface area contributed by atoms with Crippen LogP contribution < -0.4 is 10.1 Å². The van der Waals surface area contributed by atoms with Crippen LogP contribution in [0.2, 0.25) is 0 Å². The quantitative estimate of drug-likeness (QED) is 0.596. The molecule has 0 atom stereocenters. The molecule has 26 heavy (non-hydrogen) atoms. The van der Waals surface area contributed by atoms with E-state index in [1.165, 1.54) is 12.3 Å². The van der Waals surface area contributed by atoms with Gasteiger partial charge in [-0.05, 0) is 29.8 Å². The Kier molecular flexibility index (Phi) is 6.06. The maximum atomic E-state index is 12.5. The normalized spacial score (nSPS) is 10.8. The molecule has 0 saturated carbocycles. The SMILES string of the molecule is FC(F)c1ccc(COc2ccc(NCc3ccc(Br)cc3)nn2)cn1. The summed E-state index contributed by atoms with van der Waals surface area (Å²) in [6.07, 6.45) is -1.21. The molecule has 3 rings (SSSR count). The van der Waals surface area contributed by atoms with Crippen molar-refractivity contribution in [3.8, 4) is 5.88 Å². The van der Waals surface area contributed by atoms with E-state index >= 15 is 0 Å². The molecule has 5 nitrogen and oxygen atoms in total. The smallest absolute Gasteiger partial charge is 0.280 e. The van der Waals surface area contributed by atoms with Crippen molar-refractivity contribution in [2.24, 2.45) is 0 Å². The van der Waals surface area contributed by atoms with Crippen molar-refractivity contribution in [2.75, 3.05) is 5.32 Å². The molecule has 8 heteroatoms. The summed E-state index contributed by atoms with van der Waals surface area (Å²) in [5, 5.41) is 11.2. The third-order valence-corrected chi connectivity index (χ3v) is 4.01. The van der Waals surface area contributed by atoms with E-state index in [4.69, 9.17) is 4.74 Å². The molecule has 0 radical (unpaired) electrons. The molecule has 2 heterocycles. The zero-order chi connectivity index (χ0) is 18.4. The standard InChI is InChI=1S/C18H15BrF2N4O/c19-14-4-1-12(2-5-14)9-23-16-7-8-17(25-24-16)26-11-13-3-6-15(18(20)21)22-10-13/h1-8,10,18H,9,11H2,(H,23,24). The van der Waals surface area contributed by atoms with Crippen molar-refractivity contribution in [3.63, 3.8) is 0 Å². The maximum absolute atomic E-state index is 12.5. The van der Waals surface area contributed by atoms with Crippen LogP contribution >= 0.6 is 15.9 Å². The van der Waals surface area contributed by atoms with E-state index in [0.717, 1.165) is 10.0 Å². The molecule has 0 amide bonds. The van der Waals surface area contributed by atoms with Gasteiger partial charge in [-0.2, -0.15) is 0 Å². The lowest BCUT2D eigenvalue weighted by atomic mass is 10.2. The zero-order valence-corrected chi connectivity index (χ0v) is 15.2. The predicted octanol–water partition coefficient (Wildman–Crippen LogP) is 4.76. The van der Waals surface area contributed by atoms with E-state index in [-0.39, 0.29) is 12.3 Å². The molecule has 3 aromatic rings. The van der Waals surface area contributed by atoms with Crippen LogP contribution in [-0.4, -0.2) is 15.2 Å². The van der Waals surface area contributed by atoms with Crippen LogP contribution in [-0.2, 0) is 13.2 Å². The number of alkyl halides is 2. The van der Waals surface area contributed by atoms with Crippen molar-refractivity contribution in [3.05, 3.63) is 76.0 Å². The second kappa shape index (κ2) is 8.66. The molecule has 1 aromatic carbocycles. The lowest BCUT2D eigenvalue weighted by molar-refractivity contribution is 0.146. The van der Waals surface area contributed by atoms with E-state index in [1.807, 2.05) is 24.3 Å². The lowest BCUT2D eigenvalue weighted by Gasteiger charge is -2.07. The number of hydrogen-bond acceptors (Lipinski definition) is 5. The highest BCUT2D eigenvalue weighted by Gasteiger charge is 2.08. The monoisotopic (exact) mass is 420 g/mol. The van der Waals surface area contributed by atoms with Crippen LogP contribution in [0.1, 0.15) is 23.2 Å². The van der Waals surface area contributed by atoms with E-state index in [2.05, 4.69) is 36.4 Å². The molecule has 0 bridgehead atoms. The van der Waals surface area contributed by atoms with Gasteiger partial charge in [-0.1, -0.05) is 34.1 Å². The van der Waals surface area contributed by atoms with Gasteiger partial charge < -0.3 is 10.1 Å². The summed E-state index contributed by atoms with van der Waals surface area (Å²) in [6.45, 7) is 0.807. The number of nitrogens with zero attached hydrogens (tertiary/aromatic N) is 3. The van der Waals surface area contributed by atoms with Gasteiger partial charge in [0, 0.05) is 28.8 Å². The molecule has 0 saturated heterocycles. The second-order valence-electron chi connectivity index (χ2n) is 5.42. The molecule has 134 valence electrons. The third kappa shape index (κ3) is 5.19. The number of halogens is 3. The topological polar surface area (TPSA) is 59.9 Å². The van der Waals surface area contributed by atoms with Gasteiger partial charge in [0.15, 0.2) is 0 Å². The molecule has 2 aromatic heterocycles. The third-order valence-electron chi connectivity index (χ3n) is 3.48. The number of ether oxygens (including phenoxy) is 1. The minimum absolute atomic E-state index is 0.177. The van der Waals surface area contributed by atoms with Crippen molar-refractivity contribution in [1.82, 2.24) is 15.2 Å². The van der Waals surface area contributed by atoms with Crippen molar-refractivity contribution < 1.29 is 13.5 Å². The van der Waals surface area contributed by atoms with Gasteiger partial charge in [-0.25, -0.2) is 8.78 Å². The summed E-state index contributed by atoms with van der Waals surface area (Å²) < 4.78 is 31.4. The summed E-state index contributed by atoms with van der Waals surface area (Å²) in [4.78, 5) is 3.68. The van der Waals surface area contributed by atoms with Crippen molar-refractivity contribution in [2.45, 2.75) is 19.6 Å². The predicted molar refractivity (Wildman–Crippen MR) is 97.0 cm³/mol. The number of rotatable bonds is 7. The number of nitrogens with one attached hydrogen (secondary N) is 1. The van der Waals surface area contributed by atoms with Gasteiger partial charge in [0.25, 0.3) is 6.43 Å². The summed E-state index contributed by atoms with van der Waals surface area (Å²) in [5.41, 5.74) is 1.54. The van der Waals surface area contributed by atoms with Gasteiger partial charge in [-0.3, -0.25) is 4.98 Å². The van der Waals surface area contributed by atoms with Crippen LogP contribution in [0.4, 0.5) is 14.6 Å². The Labute approximate surface area is 157 Å². The van der Waals surface area contributed by atoms with Gasteiger partial charge in [0.05, 0.1) is 0 Å². The molecule has 0 spiro atoms. The minimum atomic E-state index is -2.58. The lowest BCUT2D eigenvalue weighted by Crippen LogP contribution is -2.04. The first-order chi connectivity index (χ1) is 12.6. The molecule has 0 aliphatic carbocycles. The Morgan fingerprint density at radius 2 is 1.73 bits per heavy atom. The number of aromatic nitrogens is 3. The summed E-state index contributed by atoms with van der Waals surface area (Å²) >= 11 is 3.40. The summed E-state index contributed by atoms with van der Waals surface area (Å²) in [6, 6.07) is 14.3. The highest BCUT2D eigenvalue weighted by Crippen LogP contribution is 2.17. The first-order valence-electron chi connectivity index (χ1n) is 7.78. The molecular weight excluding hydrogens is 406 g/mol. The van der Waals surface area contributed by atoms with Crippen LogP contribution in [0.5, 0.6) is 5.88 Å². The minimum Gasteiger partial charge on any atom is -0.472 e. The number of pyridine rings is 1. The molecule has 0 fully saturated rings. The Balaban J connectivity index is 1.50. The van der Waals surface area contributed by atoms with Crippen LogP contribution in [0.25, 0.3) is 0 Å². The number of anilines is 1. The van der Waals surface area contributed by atoms with E-state index < -0.39 is 6.43 Å². The van der Waals surface area contributed by atoms with E-state index in [9.17, 15) is 8.78 Å². The fourth-order valence-corrected chi connectivity index (χ4v) is 2.36. The average molecular weight is 421 g/mol. The number of benzene rings is 1. The Bertz CT molecular complexity index is 827. The Morgan fingerprint density at radius 1 is 0.962 bits per heavy atom. The van der Waals surface area contributed by atoms with E-state index in [0.29, 0.717) is 23.8 Å². The summed E-state index contributed by atoms with van der Waals surface area (Å²) in [5.74, 6) is 0.973. The summed E-state index contributed by atoms with van der Waals surface area (Å²) in [7, 11) is 0. The molecule has 0 aliphatic heterocycles. The zero-order valence-electron chi connectivity index (χ0n) is 13.6. The molecule has 0 unspecified atom stereocenters. The van der Waals surface area contributed by atoms with Crippen molar-refractivity contribution in [1.29, 1.82) is 0 Å². The highest BCUT2D eigenvalue weighted by atomic mass is 79.9. The van der Waals surface area contributed by atoms with Gasteiger partial charge >= 0.3 is 0 Å². The van der Waals surface area contributed by atoms with Gasteiger partial charge in [0.2, 0.25) is 5.88 Å². The number of hydrogen-bond donors (Lipinski definition) is 1. The fourth-order valence-electron chi connectivity index (χ4n) is 2.09. The molecule has 0 aliphatic rings. The maximum Gasteiger partial charge on any atom is 0.280 e. The largest absolute Gasteiger partial charge is 0.472 e. The van der Waals surface area contributed by atoms with Crippen LogP contribution in [0.15, 0.2) is 59.2 Å². The van der Waals surface area contributed by atoms with Crippen molar-refractivity contribution >= 4 is 21.7 Å². The fraction of sp³-hybridized carbons (Fsp3) is 0.167. The van der Waals surface area contributed by atoms with Gasteiger partial charge in [0.1, 0.15) is 18.1 Å². The van der Waals surface area contributed by atoms with E-state index in [1.54, 1.807) is 18.2 Å². The molecular formula is C18H15BrF2N4O. The second-order valence-corrected chi connectivity index (χ2v) is 6.33. The highest BCUT2D eigenvalue weighted by molar-refractivity contribution is 9.10. The van der Waals surface area contributed by atoms with Crippen LogP contribution in [0.3, 0.4) is 0 Å². The Hall–Kier alpha value is -2.61. The molecule has 1 N–H and O–H groups in total. The Morgan fingerprint density at radius 3 is 2.35 bits per heavy atom. The average Bonchev–Trinajstić information content (AvgIpc) is 2.67. The van der Waals surface area contributed by atoms with Crippen LogP contribution in [0, 0.1) is 0 Å². The first kappa shape index (κ1) is 18.2. The first-order valence-corrected chi connectivity index (χ1v) is 8.57.